The molecule has 0 bridgehead atoms. The van der Waals surface area contributed by atoms with Gasteiger partial charge in [0.05, 0.1) is 11.7 Å². The van der Waals surface area contributed by atoms with Crippen molar-refractivity contribution in [2.75, 3.05) is 5.32 Å². The van der Waals surface area contributed by atoms with Gasteiger partial charge in [-0.2, -0.15) is 0 Å². The first kappa shape index (κ1) is 11.7. The maximum absolute atomic E-state index is 4.71. The molecule has 5 heteroatoms. The normalized spacial score (nSPS) is 19.4. The van der Waals surface area contributed by atoms with Gasteiger partial charge in [-0.25, -0.2) is 9.97 Å². The first-order chi connectivity index (χ1) is 8.54. The van der Waals surface area contributed by atoms with Crippen LogP contribution in [0, 0.1) is 0 Å². The Hall–Kier alpha value is -1.36. The summed E-state index contributed by atoms with van der Waals surface area (Å²) in [6.07, 6.45) is 5.10. The Morgan fingerprint density at radius 1 is 1.44 bits per heavy atom. The summed E-state index contributed by atoms with van der Waals surface area (Å²) in [4.78, 5) is 9.10. The van der Waals surface area contributed by atoms with Gasteiger partial charge in [0.25, 0.3) is 0 Å². The Labute approximate surface area is 111 Å². The number of nitrogens with zero attached hydrogens (tertiary/aromatic N) is 3. The van der Waals surface area contributed by atoms with E-state index in [0.717, 1.165) is 29.6 Å². The van der Waals surface area contributed by atoms with Crippen molar-refractivity contribution in [2.24, 2.45) is 0 Å². The minimum Gasteiger partial charge on any atom is -0.346 e. The van der Waals surface area contributed by atoms with Crippen molar-refractivity contribution in [3.8, 4) is 0 Å². The summed E-state index contributed by atoms with van der Waals surface area (Å²) in [5.74, 6) is 0.978. The van der Waals surface area contributed by atoms with Crippen LogP contribution in [-0.2, 0) is 12.0 Å². The average Bonchev–Trinajstić information content (AvgIpc) is 2.96. The molecule has 1 unspecified atom stereocenters. The van der Waals surface area contributed by atoms with Gasteiger partial charge in [0.1, 0.15) is 5.01 Å². The quantitative estimate of drug-likeness (QED) is 0.858. The molecule has 3 rings (SSSR count). The number of aromatic nitrogens is 3. The molecular formula is C13H18N4S. The number of hydrogen-bond acceptors (Lipinski definition) is 4. The largest absolute Gasteiger partial charge is 0.346 e. The van der Waals surface area contributed by atoms with Crippen molar-refractivity contribution >= 4 is 17.3 Å². The van der Waals surface area contributed by atoms with Crippen molar-refractivity contribution in [2.45, 2.75) is 45.2 Å². The van der Waals surface area contributed by atoms with Gasteiger partial charge in [0, 0.05) is 29.7 Å². The summed E-state index contributed by atoms with van der Waals surface area (Å²) in [5.41, 5.74) is 1.24. The van der Waals surface area contributed by atoms with Crippen LogP contribution in [0.3, 0.4) is 0 Å². The van der Waals surface area contributed by atoms with Crippen LogP contribution in [0.25, 0.3) is 0 Å². The van der Waals surface area contributed by atoms with Crippen molar-refractivity contribution in [3.05, 3.63) is 28.5 Å². The number of thiazole rings is 1. The average molecular weight is 262 g/mol. The second-order valence-electron chi connectivity index (χ2n) is 5.75. The van der Waals surface area contributed by atoms with Crippen LogP contribution in [0.2, 0.25) is 0 Å². The smallest absolute Gasteiger partial charge is 0.203 e. The lowest BCUT2D eigenvalue weighted by Gasteiger charge is -2.23. The Balaban J connectivity index is 1.87. The Bertz CT molecular complexity index is 536. The standard InChI is InChI=1S/C13H18N4S/c1-13(2,3)10-8-17-6-4-9(15-12(17)16-10)11-14-5-7-18-11/h5,7-9H,4,6H2,1-3H3,(H,15,16). The first-order valence-corrected chi connectivity index (χ1v) is 7.15. The third kappa shape index (κ3) is 2.03. The lowest BCUT2D eigenvalue weighted by molar-refractivity contribution is 0.539. The monoisotopic (exact) mass is 262 g/mol. The second kappa shape index (κ2) is 4.09. The van der Waals surface area contributed by atoms with Gasteiger partial charge in [0.15, 0.2) is 0 Å². The topological polar surface area (TPSA) is 42.7 Å². The molecule has 4 nitrogen and oxygen atoms in total. The lowest BCUT2D eigenvalue weighted by atomic mass is 9.93. The van der Waals surface area contributed by atoms with Crippen LogP contribution in [0.4, 0.5) is 5.95 Å². The third-order valence-electron chi connectivity index (χ3n) is 3.26. The van der Waals surface area contributed by atoms with Gasteiger partial charge in [-0.15, -0.1) is 11.3 Å². The molecule has 1 atom stereocenters. The Morgan fingerprint density at radius 3 is 2.94 bits per heavy atom. The molecule has 0 aliphatic carbocycles. The van der Waals surface area contributed by atoms with E-state index in [9.17, 15) is 0 Å². The predicted octanol–water partition coefficient (Wildman–Crippen LogP) is 3.19. The molecular weight excluding hydrogens is 244 g/mol. The van der Waals surface area contributed by atoms with Crippen LogP contribution >= 0.6 is 11.3 Å². The summed E-state index contributed by atoms with van der Waals surface area (Å²) in [5, 5.41) is 6.67. The number of imidazole rings is 1. The molecule has 96 valence electrons. The summed E-state index contributed by atoms with van der Waals surface area (Å²) in [6.45, 7) is 7.59. The van der Waals surface area contributed by atoms with E-state index in [4.69, 9.17) is 4.98 Å². The molecule has 1 aliphatic rings. The lowest BCUT2D eigenvalue weighted by Crippen LogP contribution is -2.21. The van der Waals surface area contributed by atoms with Crippen molar-refractivity contribution < 1.29 is 0 Å². The van der Waals surface area contributed by atoms with Crippen LogP contribution in [-0.4, -0.2) is 14.5 Å². The summed E-state index contributed by atoms with van der Waals surface area (Å²) in [7, 11) is 0. The number of hydrogen-bond donors (Lipinski definition) is 1. The zero-order valence-corrected chi connectivity index (χ0v) is 11.8. The summed E-state index contributed by atoms with van der Waals surface area (Å²) in [6, 6.07) is 0.313. The summed E-state index contributed by atoms with van der Waals surface area (Å²) < 4.78 is 2.21. The van der Waals surface area contributed by atoms with E-state index < -0.39 is 0 Å². The molecule has 3 heterocycles. The highest BCUT2D eigenvalue weighted by Gasteiger charge is 2.25. The van der Waals surface area contributed by atoms with Crippen LogP contribution in [0.1, 0.15) is 43.9 Å². The minimum absolute atomic E-state index is 0.0999. The van der Waals surface area contributed by atoms with Crippen LogP contribution in [0.15, 0.2) is 17.8 Å². The van der Waals surface area contributed by atoms with Crippen molar-refractivity contribution in [3.63, 3.8) is 0 Å². The Morgan fingerprint density at radius 2 is 2.28 bits per heavy atom. The molecule has 0 amide bonds. The number of nitrogens with one attached hydrogen (secondary N) is 1. The predicted molar refractivity (Wildman–Crippen MR) is 74.0 cm³/mol. The van der Waals surface area contributed by atoms with Crippen LogP contribution in [0.5, 0.6) is 0 Å². The molecule has 18 heavy (non-hydrogen) atoms. The first-order valence-electron chi connectivity index (χ1n) is 6.27. The van der Waals surface area contributed by atoms with Gasteiger partial charge < -0.3 is 9.88 Å². The highest BCUT2D eigenvalue weighted by atomic mass is 32.1. The molecule has 0 spiro atoms. The van der Waals surface area contributed by atoms with Gasteiger partial charge in [-0.05, 0) is 6.42 Å². The molecule has 0 aromatic carbocycles. The van der Waals surface area contributed by atoms with Gasteiger partial charge >= 0.3 is 0 Å². The zero-order valence-electron chi connectivity index (χ0n) is 11.0. The van der Waals surface area contributed by atoms with Crippen molar-refractivity contribution in [1.82, 2.24) is 14.5 Å². The van der Waals surface area contributed by atoms with E-state index in [1.165, 1.54) is 0 Å². The van der Waals surface area contributed by atoms with Gasteiger partial charge in [-0.1, -0.05) is 20.8 Å². The number of anilines is 1. The SMILES string of the molecule is CC(C)(C)c1cn2c(n1)NC(c1nccs1)CC2. The van der Waals surface area contributed by atoms with Crippen molar-refractivity contribution in [1.29, 1.82) is 0 Å². The van der Waals surface area contributed by atoms with E-state index in [2.05, 4.69) is 41.8 Å². The molecule has 1 aliphatic heterocycles. The fourth-order valence-electron chi connectivity index (χ4n) is 2.15. The van der Waals surface area contributed by atoms with E-state index >= 15 is 0 Å². The number of fused-ring (bicyclic) bond motifs is 1. The molecule has 2 aromatic heterocycles. The van der Waals surface area contributed by atoms with E-state index in [-0.39, 0.29) is 5.41 Å². The second-order valence-corrected chi connectivity index (χ2v) is 6.68. The molecule has 0 saturated heterocycles. The van der Waals surface area contributed by atoms with E-state index in [1.54, 1.807) is 11.3 Å². The van der Waals surface area contributed by atoms with E-state index in [0.29, 0.717) is 6.04 Å². The van der Waals surface area contributed by atoms with E-state index in [1.807, 2.05) is 11.6 Å². The highest BCUT2D eigenvalue weighted by molar-refractivity contribution is 7.09. The molecule has 0 fully saturated rings. The van der Waals surface area contributed by atoms with Gasteiger partial charge in [0.2, 0.25) is 5.95 Å². The molecule has 0 saturated carbocycles. The van der Waals surface area contributed by atoms with Crippen LogP contribution < -0.4 is 5.32 Å². The number of aryl methyl sites for hydroxylation is 1. The Kier molecular flexibility index (Phi) is 2.66. The highest BCUT2D eigenvalue weighted by Crippen LogP contribution is 2.31. The molecule has 1 N–H and O–H groups in total. The fourth-order valence-corrected chi connectivity index (χ4v) is 2.87. The fraction of sp³-hybridized carbons (Fsp3) is 0.538. The molecule has 2 aromatic rings. The third-order valence-corrected chi connectivity index (χ3v) is 4.15. The molecule has 0 radical (unpaired) electrons. The maximum Gasteiger partial charge on any atom is 0.203 e. The maximum atomic E-state index is 4.71. The zero-order chi connectivity index (χ0) is 12.8. The minimum atomic E-state index is 0.0999. The van der Waals surface area contributed by atoms with Gasteiger partial charge in [-0.3, -0.25) is 0 Å². The number of rotatable bonds is 1. The summed E-state index contributed by atoms with van der Waals surface area (Å²) >= 11 is 1.71.